The molecule has 0 spiro atoms. The Bertz CT molecular complexity index is 314. The lowest BCUT2D eigenvalue weighted by molar-refractivity contribution is 1.17. The third kappa shape index (κ3) is 2.14. The summed E-state index contributed by atoms with van der Waals surface area (Å²) in [4.78, 5) is 1.62. The number of aryl methyl sites for hydroxylation is 3. The van der Waals surface area contributed by atoms with Crippen LogP contribution in [0, 0.1) is 20.8 Å². The van der Waals surface area contributed by atoms with E-state index in [9.17, 15) is 0 Å². The molecule has 0 aliphatic rings. The maximum absolute atomic E-state index is 2.41. The Hall–Kier alpha value is -0.430. The fraction of sp³-hybridized carbons (Fsp3) is 0.538. The molecule has 0 saturated heterocycles. The molecule has 0 aliphatic heterocycles. The number of hydrogen-bond donors (Lipinski definition) is 0. The predicted molar refractivity (Wildman–Crippen MR) is 68.9 cm³/mol. The molecular weight excluding hydrogens is 188 g/mol. The molecule has 0 atom stereocenters. The van der Waals surface area contributed by atoms with E-state index in [2.05, 4.69) is 52.3 Å². The van der Waals surface area contributed by atoms with Gasteiger partial charge in [0.25, 0.3) is 0 Å². The first kappa shape index (κ1) is 11.6. The molecule has 0 amide bonds. The van der Waals surface area contributed by atoms with Gasteiger partial charge < -0.3 is 0 Å². The van der Waals surface area contributed by atoms with Gasteiger partial charge in [0.2, 0.25) is 0 Å². The summed E-state index contributed by atoms with van der Waals surface area (Å²) in [6.07, 6.45) is 4.83. The van der Waals surface area contributed by atoms with E-state index in [1.165, 1.54) is 22.4 Å². The third-order valence-electron chi connectivity index (χ3n) is 2.88. The van der Waals surface area contributed by atoms with Gasteiger partial charge in [-0.25, -0.2) is 10.0 Å². The highest BCUT2D eigenvalue weighted by molar-refractivity contribution is 8.32. The third-order valence-corrected chi connectivity index (χ3v) is 6.07. The number of rotatable bonds is 2. The smallest absolute Gasteiger partial charge is 0.00450 e. The van der Waals surface area contributed by atoms with Crippen molar-refractivity contribution >= 4 is 10.0 Å². The van der Waals surface area contributed by atoms with Crippen molar-refractivity contribution in [3.05, 3.63) is 28.8 Å². The van der Waals surface area contributed by atoms with E-state index in [1.54, 1.807) is 4.90 Å². The van der Waals surface area contributed by atoms with Crippen molar-refractivity contribution in [2.45, 2.75) is 32.6 Å². The van der Waals surface area contributed by atoms with E-state index in [1.807, 2.05) is 0 Å². The zero-order chi connectivity index (χ0) is 10.9. The second-order valence-electron chi connectivity index (χ2n) is 4.55. The Morgan fingerprint density at radius 3 is 1.79 bits per heavy atom. The summed E-state index contributed by atoms with van der Waals surface area (Å²) >= 11 is 0. The minimum atomic E-state index is -0.576. The lowest BCUT2D eigenvalue weighted by atomic mass is 10.1. The zero-order valence-electron chi connectivity index (χ0n) is 10.3. The van der Waals surface area contributed by atoms with Crippen LogP contribution in [0.25, 0.3) is 0 Å². The van der Waals surface area contributed by atoms with Gasteiger partial charge in [0.05, 0.1) is 0 Å². The van der Waals surface area contributed by atoms with Gasteiger partial charge in [-0.3, -0.25) is 0 Å². The number of benzene rings is 1. The Kier molecular flexibility index (Phi) is 3.31. The maximum Gasteiger partial charge on any atom is -0.00450 e. The van der Waals surface area contributed by atoms with Crippen LogP contribution < -0.4 is 0 Å². The highest BCUT2D eigenvalue weighted by atomic mass is 32.3. The quantitative estimate of drug-likeness (QED) is 0.690. The molecule has 0 fully saturated rings. The first-order valence-electron chi connectivity index (χ1n) is 5.17. The van der Waals surface area contributed by atoms with Crippen LogP contribution >= 0.6 is 10.0 Å². The molecule has 0 radical (unpaired) electrons. The van der Waals surface area contributed by atoms with Gasteiger partial charge in [0.1, 0.15) is 0 Å². The molecule has 0 aliphatic carbocycles. The lowest BCUT2D eigenvalue weighted by Gasteiger charge is -2.33. The molecule has 0 N–H and O–H groups in total. The summed E-state index contributed by atoms with van der Waals surface area (Å²) in [5.74, 6) is 1.28. The highest BCUT2D eigenvalue weighted by Crippen LogP contribution is 2.51. The van der Waals surface area contributed by atoms with Crippen molar-refractivity contribution in [2.75, 3.05) is 18.3 Å². The highest BCUT2D eigenvalue weighted by Gasteiger charge is 2.17. The zero-order valence-corrected chi connectivity index (χ0v) is 11.1. The average Bonchev–Trinajstić information content (AvgIpc) is 2.01. The fourth-order valence-corrected chi connectivity index (χ4v) is 4.33. The van der Waals surface area contributed by atoms with Crippen molar-refractivity contribution in [3.63, 3.8) is 0 Å². The van der Waals surface area contributed by atoms with Crippen molar-refractivity contribution in [1.29, 1.82) is 0 Å². The Morgan fingerprint density at radius 2 is 1.43 bits per heavy atom. The second-order valence-corrected chi connectivity index (χ2v) is 8.62. The SMILES string of the molecule is CCS(C)(C)c1c(C)cc(C)cc1C. The summed E-state index contributed by atoms with van der Waals surface area (Å²) in [6.45, 7) is 8.98. The Balaban J connectivity index is 3.35. The largest absolute Gasteiger partial charge is 0.220 e. The topological polar surface area (TPSA) is 0 Å². The van der Waals surface area contributed by atoms with E-state index >= 15 is 0 Å². The van der Waals surface area contributed by atoms with Gasteiger partial charge >= 0.3 is 0 Å². The van der Waals surface area contributed by atoms with Crippen LogP contribution in [0.15, 0.2) is 17.0 Å². The molecule has 1 aromatic carbocycles. The molecule has 0 saturated carbocycles. The monoisotopic (exact) mass is 210 g/mol. The molecule has 0 aromatic heterocycles. The van der Waals surface area contributed by atoms with Crippen LogP contribution in [0.3, 0.4) is 0 Å². The van der Waals surface area contributed by atoms with E-state index in [-0.39, 0.29) is 0 Å². The van der Waals surface area contributed by atoms with Gasteiger partial charge in [0, 0.05) is 0 Å². The van der Waals surface area contributed by atoms with Gasteiger partial charge in [-0.1, -0.05) is 24.6 Å². The van der Waals surface area contributed by atoms with Crippen LogP contribution in [0.1, 0.15) is 23.6 Å². The summed E-state index contributed by atoms with van der Waals surface area (Å²) in [5, 5.41) is 0. The van der Waals surface area contributed by atoms with Gasteiger partial charge in [-0.05, 0) is 55.1 Å². The minimum Gasteiger partial charge on any atom is -0.220 e. The molecule has 1 heteroatoms. The van der Waals surface area contributed by atoms with Crippen LogP contribution in [0.4, 0.5) is 0 Å². The van der Waals surface area contributed by atoms with Crippen molar-refractivity contribution in [1.82, 2.24) is 0 Å². The van der Waals surface area contributed by atoms with Gasteiger partial charge in [0.15, 0.2) is 0 Å². The Morgan fingerprint density at radius 1 is 1.00 bits per heavy atom. The molecule has 0 heterocycles. The summed E-state index contributed by atoms with van der Waals surface area (Å²) in [6, 6.07) is 4.62. The van der Waals surface area contributed by atoms with Crippen LogP contribution in [-0.2, 0) is 0 Å². The molecule has 14 heavy (non-hydrogen) atoms. The minimum absolute atomic E-state index is 0.576. The van der Waals surface area contributed by atoms with Crippen LogP contribution in [0.2, 0.25) is 0 Å². The Labute approximate surface area is 90.0 Å². The number of hydrogen-bond acceptors (Lipinski definition) is 0. The molecule has 0 unspecified atom stereocenters. The standard InChI is InChI=1S/C13H22S/c1-7-14(5,6)13-11(3)8-10(2)9-12(13)4/h8-9H,7H2,1-6H3. The lowest BCUT2D eigenvalue weighted by Crippen LogP contribution is -2.04. The first-order chi connectivity index (χ1) is 6.38. The van der Waals surface area contributed by atoms with Crippen molar-refractivity contribution in [3.8, 4) is 0 Å². The maximum atomic E-state index is 2.41. The van der Waals surface area contributed by atoms with Crippen molar-refractivity contribution in [2.24, 2.45) is 0 Å². The average molecular weight is 210 g/mol. The van der Waals surface area contributed by atoms with E-state index in [4.69, 9.17) is 0 Å². The summed E-state index contributed by atoms with van der Waals surface area (Å²) in [5.41, 5.74) is 4.34. The van der Waals surface area contributed by atoms with Gasteiger partial charge in [-0.2, -0.15) is 0 Å². The normalized spacial score (nSPS) is 13.0. The van der Waals surface area contributed by atoms with Gasteiger partial charge in [-0.15, -0.1) is 0 Å². The fourth-order valence-electron chi connectivity index (χ4n) is 2.18. The van der Waals surface area contributed by atoms with Crippen LogP contribution in [-0.4, -0.2) is 18.3 Å². The first-order valence-corrected chi connectivity index (χ1v) is 7.79. The predicted octanol–water partition coefficient (Wildman–Crippen LogP) is 4.05. The molecular formula is C13H22S. The molecule has 1 aromatic rings. The van der Waals surface area contributed by atoms with E-state index in [0.29, 0.717) is 0 Å². The summed E-state index contributed by atoms with van der Waals surface area (Å²) < 4.78 is 0. The summed E-state index contributed by atoms with van der Waals surface area (Å²) in [7, 11) is -0.576. The van der Waals surface area contributed by atoms with Crippen LogP contribution in [0.5, 0.6) is 0 Å². The second kappa shape index (κ2) is 3.98. The molecule has 0 bridgehead atoms. The molecule has 1 rings (SSSR count). The molecule has 80 valence electrons. The van der Waals surface area contributed by atoms with E-state index < -0.39 is 10.0 Å². The molecule has 0 nitrogen and oxygen atoms in total. The van der Waals surface area contributed by atoms with Crippen molar-refractivity contribution < 1.29 is 0 Å². The van der Waals surface area contributed by atoms with E-state index in [0.717, 1.165) is 0 Å².